The molecular weight excluding hydrogens is 324 g/mol. The van der Waals surface area contributed by atoms with Gasteiger partial charge in [-0.3, -0.25) is 4.98 Å². The molecule has 0 aliphatic rings. The maximum absolute atomic E-state index is 4.33. The number of aromatic nitrogens is 1. The van der Waals surface area contributed by atoms with E-state index in [-0.39, 0.29) is 6.04 Å². The lowest BCUT2D eigenvalue weighted by Gasteiger charge is -2.16. The molecule has 0 aliphatic carbocycles. The highest BCUT2D eigenvalue weighted by molar-refractivity contribution is 9.10. The Morgan fingerprint density at radius 3 is 2.67 bits per heavy atom. The van der Waals surface area contributed by atoms with Crippen LogP contribution >= 0.6 is 15.9 Å². The van der Waals surface area contributed by atoms with Gasteiger partial charge in [0.05, 0.1) is 0 Å². The predicted octanol–water partition coefficient (Wildman–Crippen LogP) is 4.85. The highest BCUT2D eigenvalue weighted by Crippen LogP contribution is 2.24. The Hall–Kier alpha value is -1.71. The molecule has 3 heteroatoms. The molecule has 0 amide bonds. The quantitative estimate of drug-likeness (QED) is 0.734. The van der Waals surface area contributed by atoms with Gasteiger partial charge in [-0.15, -0.1) is 0 Å². The van der Waals surface area contributed by atoms with E-state index < -0.39 is 0 Å². The summed E-state index contributed by atoms with van der Waals surface area (Å²) in [6.07, 6.45) is 3.86. The van der Waals surface area contributed by atoms with Gasteiger partial charge in [0.2, 0.25) is 0 Å². The van der Waals surface area contributed by atoms with Crippen molar-refractivity contribution in [3.05, 3.63) is 76.5 Å². The largest absolute Gasteiger partial charge is 0.306 e. The molecule has 0 saturated carbocycles. The topological polar surface area (TPSA) is 24.9 Å². The smallest absolute Gasteiger partial charge is 0.0346 e. The summed E-state index contributed by atoms with van der Waals surface area (Å²) in [6.45, 7) is 2.98. The van der Waals surface area contributed by atoms with Crippen LogP contribution in [0.1, 0.15) is 24.1 Å². The number of nitrogens with zero attached hydrogens (tertiary/aromatic N) is 1. The van der Waals surface area contributed by atoms with Gasteiger partial charge in [-0.25, -0.2) is 0 Å². The third kappa shape index (κ3) is 3.14. The van der Waals surface area contributed by atoms with Crippen LogP contribution in [0.2, 0.25) is 0 Å². The highest BCUT2D eigenvalue weighted by atomic mass is 79.9. The Balaban J connectivity index is 1.79. The van der Waals surface area contributed by atoms with E-state index in [1.807, 2.05) is 24.5 Å². The van der Waals surface area contributed by atoms with Gasteiger partial charge in [0.15, 0.2) is 0 Å². The number of nitrogens with one attached hydrogen (secondary N) is 1. The van der Waals surface area contributed by atoms with Crippen LogP contribution in [0.5, 0.6) is 0 Å². The second-order valence-electron chi connectivity index (χ2n) is 5.14. The van der Waals surface area contributed by atoms with Crippen molar-refractivity contribution in [1.29, 1.82) is 0 Å². The lowest BCUT2D eigenvalue weighted by molar-refractivity contribution is 0.574. The maximum Gasteiger partial charge on any atom is 0.0346 e. The zero-order valence-corrected chi connectivity index (χ0v) is 13.5. The minimum absolute atomic E-state index is 0.277. The molecule has 0 unspecified atom stereocenters. The van der Waals surface area contributed by atoms with Crippen LogP contribution in [-0.2, 0) is 6.54 Å². The number of hydrogen-bond donors (Lipinski definition) is 1. The van der Waals surface area contributed by atoms with E-state index in [9.17, 15) is 0 Å². The molecule has 0 spiro atoms. The van der Waals surface area contributed by atoms with Crippen molar-refractivity contribution in [2.45, 2.75) is 19.5 Å². The molecule has 1 heterocycles. The Morgan fingerprint density at radius 1 is 1.05 bits per heavy atom. The monoisotopic (exact) mass is 340 g/mol. The zero-order chi connectivity index (χ0) is 14.7. The van der Waals surface area contributed by atoms with E-state index in [2.05, 4.69) is 69.6 Å². The fourth-order valence-corrected chi connectivity index (χ4v) is 3.15. The highest BCUT2D eigenvalue weighted by Gasteiger charge is 2.09. The van der Waals surface area contributed by atoms with E-state index in [1.54, 1.807) is 0 Å². The first kappa shape index (κ1) is 14.2. The second kappa shape index (κ2) is 6.37. The Kier molecular flexibility index (Phi) is 4.32. The van der Waals surface area contributed by atoms with Gasteiger partial charge in [-0.2, -0.15) is 0 Å². The van der Waals surface area contributed by atoms with Crippen LogP contribution in [0.4, 0.5) is 0 Å². The van der Waals surface area contributed by atoms with Gasteiger partial charge in [0.1, 0.15) is 0 Å². The third-order valence-corrected chi connectivity index (χ3v) is 4.44. The van der Waals surface area contributed by atoms with Crippen molar-refractivity contribution < 1.29 is 0 Å². The average molecular weight is 341 g/mol. The molecule has 1 N–H and O–H groups in total. The van der Waals surface area contributed by atoms with Crippen molar-refractivity contribution in [2.24, 2.45) is 0 Å². The van der Waals surface area contributed by atoms with Crippen molar-refractivity contribution in [1.82, 2.24) is 10.3 Å². The lowest BCUT2D eigenvalue weighted by atomic mass is 10.1. The number of fused-ring (bicyclic) bond motifs is 1. The van der Waals surface area contributed by atoms with Gasteiger partial charge < -0.3 is 5.32 Å². The first-order valence-electron chi connectivity index (χ1n) is 7.05. The van der Waals surface area contributed by atoms with E-state index in [4.69, 9.17) is 0 Å². The molecule has 21 heavy (non-hydrogen) atoms. The average Bonchev–Trinajstić information content (AvgIpc) is 2.53. The number of halogens is 1. The Bertz CT molecular complexity index is 750. The summed E-state index contributed by atoms with van der Waals surface area (Å²) in [6, 6.07) is 17.0. The fourth-order valence-electron chi connectivity index (χ4n) is 2.52. The first-order valence-corrected chi connectivity index (χ1v) is 7.84. The summed E-state index contributed by atoms with van der Waals surface area (Å²) in [7, 11) is 0. The van der Waals surface area contributed by atoms with E-state index in [0.717, 1.165) is 11.0 Å². The summed E-state index contributed by atoms with van der Waals surface area (Å²) in [5, 5.41) is 6.03. The summed E-state index contributed by atoms with van der Waals surface area (Å²) in [4.78, 5) is 4.33. The molecule has 2 aromatic carbocycles. The van der Waals surface area contributed by atoms with Crippen LogP contribution in [0.25, 0.3) is 10.8 Å². The lowest BCUT2D eigenvalue weighted by Crippen LogP contribution is -2.18. The van der Waals surface area contributed by atoms with Crippen LogP contribution in [-0.4, -0.2) is 4.98 Å². The van der Waals surface area contributed by atoms with Crippen LogP contribution < -0.4 is 5.32 Å². The fraction of sp³-hybridized carbons (Fsp3) is 0.167. The van der Waals surface area contributed by atoms with Gasteiger partial charge in [-0.1, -0.05) is 58.4 Å². The molecule has 0 saturated heterocycles. The summed E-state index contributed by atoms with van der Waals surface area (Å²) in [5.74, 6) is 0. The molecule has 2 nitrogen and oxygen atoms in total. The second-order valence-corrected chi connectivity index (χ2v) is 6.00. The van der Waals surface area contributed by atoms with Crippen LogP contribution in [0, 0.1) is 0 Å². The number of pyridine rings is 1. The molecule has 1 aromatic heterocycles. The number of rotatable bonds is 4. The summed E-state index contributed by atoms with van der Waals surface area (Å²) >= 11 is 3.61. The summed E-state index contributed by atoms with van der Waals surface area (Å²) in [5.41, 5.74) is 2.50. The van der Waals surface area contributed by atoms with Crippen molar-refractivity contribution in [2.75, 3.05) is 0 Å². The Labute approximate surface area is 133 Å². The predicted molar refractivity (Wildman–Crippen MR) is 91.1 cm³/mol. The van der Waals surface area contributed by atoms with Crippen LogP contribution in [0.15, 0.2) is 65.4 Å². The standard InChI is InChI=1S/C18H17BrN2/c1-13(16-7-4-5-9-18(16)19)21-12-15-11-20-10-14-6-2-3-8-17(14)15/h2-11,13,21H,12H2,1H3/t13-/m0/s1. The van der Waals surface area contributed by atoms with Crippen LogP contribution in [0.3, 0.4) is 0 Å². The van der Waals surface area contributed by atoms with Crippen molar-refractivity contribution in [3.63, 3.8) is 0 Å². The number of hydrogen-bond acceptors (Lipinski definition) is 2. The van der Waals surface area contributed by atoms with Crippen molar-refractivity contribution in [3.8, 4) is 0 Å². The summed E-state index contributed by atoms with van der Waals surface area (Å²) < 4.78 is 1.14. The molecule has 3 rings (SSSR count). The normalized spacial score (nSPS) is 12.5. The maximum atomic E-state index is 4.33. The SMILES string of the molecule is C[C@H](NCc1cncc2ccccc12)c1ccccc1Br. The zero-order valence-electron chi connectivity index (χ0n) is 11.9. The molecule has 0 radical (unpaired) electrons. The van der Waals surface area contributed by atoms with Crippen molar-refractivity contribution >= 4 is 26.7 Å². The third-order valence-electron chi connectivity index (χ3n) is 3.72. The molecule has 0 bridgehead atoms. The Morgan fingerprint density at radius 2 is 1.81 bits per heavy atom. The van der Waals surface area contributed by atoms with Gasteiger partial charge >= 0.3 is 0 Å². The van der Waals surface area contributed by atoms with E-state index >= 15 is 0 Å². The molecule has 0 fully saturated rings. The molecule has 106 valence electrons. The van der Waals surface area contributed by atoms with Gasteiger partial charge in [0, 0.05) is 34.8 Å². The molecule has 3 aromatic rings. The van der Waals surface area contributed by atoms with Gasteiger partial charge in [0.25, 0.3) is 0 Å². The first-order chi connectivity index (χ1) is 10.3. The van der Waals surface area contributed by atoms with E-state index in [1.165, 1.54) is 21.9 Å². The minimum Gasteiger partial charge on any atom is -0.306 e. The molecule has 1 atom stereocenters. The van der Waals surface area contributed by atoms with E-state index in [0.29, 0.717) is 0 Å². The van der Waals surface area contributed by atoms with Gasteiger partial charge in [-0.05, 0) is 29.5 Å². The molecular formula is C18H17BrN2. The molecule has 0 aliphatic heterocycles. The minimum atomic E-state index is 0.277. The number of benzene rings is 2.